The van der Waals surface area contributed by atoms with Crippen LogP contribution in [-0.4, -0.2) is 69.7 Å². The molecule has 0 spiro atoms. The maximum atomic E-state index is 11.9. The molecule has 0 fully saturated rings. The number of azide groups is 1. The van der Waals surface area contributed by atoms with Crippen LogP contribution in [0.15, 0.2) is 5.11 Å². The molecule has 154 valence electrons. The first-order valence-electron chi connectivity index (χ1n) is 8.95. The zero-order valence-corrected chi connectivity index (χ0v) is 16.3. The Morgan fingerprint density at radius 1 is 1.00 bits per heavy atom. The molecule has 2 unspecified atom stereocenters. The summed E-state index contributed by atoms with van der Waals surface area (Å²) in [4.78, 5) is 37.5. The highest BCUT2D eigenvalue weighted by molar-refractivity contribution is 5.91. The summed E-state index contributed by atoms with van der Waals surface area (Å²) in [7, 11) is 0. The number of rotatable bonds is 17. The van der Waals surface area contributed by atoms with Crippen molar-refractivity contribution in [1.82, 2.24) is 5.32 Å². The first kappa shape index (κ1) is 25.0. The Hall–Kier alpha value is -2.00. The molecule has 0 aliphatic carbocycles. The summed E-state index contributed by atoms with van der Waals surface area (Å²) in [5.74, 6) is -0.823. The molecule has 0 radical (unpaired) electrons. The molecule has 0 aromatic rings. The highest BCUT2D eigenvalue weighted by Crippen LogP contribution is 2.06. The van der Waals surface area contributed by atoms with Crippen LogP contribution in [0.2, 0.25) is 0 Å². The molecule has 0 saturated heterocycles. The topological polar surface area (TPSA) is 140 Å². The fourth-order valence-electron chi connectivity index (χ4n) is 1.87. The van der Waals surface area contributed by atoms with Gasteiger partial charge in [-0.2, -0.15) is 0 Å². The van der Waals surface area contributed by atoms with Crippen molar-refractivity contribution in [3.63, 3.8) is 0 Å². The molecule has 0 rings (SSSR count). The summed E-state index contributed by atoms with van der Waals surface area (Å²) >= 11 is 0. The minimum atomic E-state index is -0.624. The number of nitrogens with one attached hydrogen (secondary N) is 1. The molecule has 1 amide bonds. The fourth-order valence-corrected chi connectivity index (χ4v) is 1.87. The van der Waals surface area contributed by atoms with Crippen LogP contribution in [0.1, 0.15) is 33.6 Å². The standard InChI is InChI=1S/C17H30N4O6/c1-13(15(3)22)12-16(23)14(2)20-17(24)4-6-25-8-10-27-11-9-26-7-5-19-21-18/h13-14H,4-12H2,1-3H3,(H,20,24). The molecular weight excluding hydrogens is 356 g/mol. The number of hydrogen-bond donors (Lipinski definition) is 1. The highest BCUT2D eigenvalue weighted by Gasteiger charge is 2.19. The monoisotopic (exact) mass is 386 g/mol. The number of amides is 1. The Kier molecular flexibility index (Phi) is 15.0. The zero-order chi connectivity index (χ0) is 20.5. The van der Waals surface area contributed by atoms with E-state index in [1.54, 1.807) is 13.8 Å². The lowest BCUT2D eigenvalue weighted by Gasteiger charge is -2.15. The predicted octanol–water partition coefficient (Wildman–Crippen LogP) is 1.43. The van der Waals surface area contributed by atoms with E-state index in [9.17, 15) is 14.4 Å². The summed E-state index contributed by atoms with van der Waals surface area (Å²) in [5, 5.41) is 5.94. The second-order valence-electron chi connectivity index (χ2n) is 6.01. The van der Waals surface area contributed by atoms with Gasteiger partial charge in [-0.25, -0.2) is 0 Å². The quantitative estimate of drug-likeness (QED) is 0.173. The van der Waals surface area contributed by atoms with E-state index in [0.29, 0.717) is 39.6 Å². The lowest BCUT2D eigenvalue weighted by atomic mass is 9.98. The molecule has 10 heteroatoms. The van der Waals surface area contributed by atoms with Crippen LogP contribution in [-0.2, 0) is 28.6 Å². The number of Topliss-reactive ketones (excluding diaryl/α,β-unsaturated/α-hetero) is 2. The van der Waals surface area contributed by atoms with E-state index in [4.69, 9.17) is 19.7 Å². The predicted molar refractivity (Wildman–Crippen MR) is 98.2 cm³/mol. The van der Waals surface area contributed by atoms with Gasteiger partial charge in [0.25, 0.3) is 0 Å². The Morgan fingerprint density at radius 2 is 1.56 bits per heavy atom. The second kappa shape index (κ2) is 16.2. The van der Waals surface area contributed by atoms with Crippen molar-refractivity contribution in [1.29, 1.82) is 0 Å². The molecule has 1 N–H and O–H groups in total. The summed E-state index contributed by atoms with van der Waals surface area (Å²) in [5.41, 5.74) is 8.07. The third kappa shape index (κ3) is 14.8. The average Bonchev–Trinajstić information content (AvgIpc) is 2.62. The SMILES string of the molecule is CC(=O)C(C)CC(=O)C(C)NC(=O)CCOCCOCCOCCN=[N+]=[N-]. The normalized spacial score (nSPS) is 12.7. The third-order valence-electron chi connectivity index (χ3n) is 3.68. The van der Waals surface area contributed by atoms with Gasteiger partial charge in [-0.05, 0) is 19.4 Å². The van der Waals surface area contributed by atoms with Crippen LogP contribution < -0.4 is 5.32 Å². The Balaban J connectivity index is 3.59. The van der Waals surface area contributed by atoms with Crippen molar-refractivity contribution >= 4 is 17.5 Å². The Labute approximate surface area is 159 Å². The van der Waals surface area contributed by atoms with Crippen molar-refractivity contribution in [2.24, 2.45) is 11.0 Å². The first-order chi connectivity index (χ1) is 12.9. The van der Waals surface area contributed by atoms with Crippen LogP contribution in [0.3, 0.4) is 0 Å². The summed E-state index contributed by atoms with van der Waals surface area (Å²) in [6.45, 7) is 7.14. The van der Waals surface area contributed by atoms with Gasteiger partial charge in [-0.1, -0.05) is 12.0 Å². The van der Waals surface area contributed by atoms with Gasteiger partial charge in [0, 0.05) is 30.2 Å². The van der Waals surface area contributed by atoms with Crippen molar-refractivity contribution in [2.45, 2.75) is 39.7 Å². The van der Waals surface area contributed by atoms with Crippen LogP contribution in [0.25, 0.3) is 10.4 Å². The molecule has 2 atom stereocenters. The van der Waals surface area contributed by atoms with Gasteiger partial charge in [0.1, 0.15) is 5.78 Å². The van der Waals surface area contributed by atoms with E-state index in [0.717, 1.165) is 0 Å². The summed E-state index contributed by atoms with van der Waals surface area (Å²) in [6.07, 6.45) is 0.266. The van der Waals surface area contributed by atoms with E-state index < -0.39 is 6.04 Å². The number of ether oxygens (including phenoxy) is 3. The molecular formula is C17H30N4O6. The fraction of sp³-hybridized carbons (Fsp3) is 0.824. The van der Waals surface area contributed by atoms with Gasteiger partial charge < -0.3 is 19.5 Å². The van der Waals surface area contributed by atoms with Gasteiger partial charge in [0.05, 0.1) is 45.7 Å². The largest absolute Gasteiger partial charge is 0.379 e. The average molecular weight is 386 g/mol. The molecule has 0 aliphatic rings. The third-order valence-corrected chi connectivity index (χ3v) is 3.68. The van der Waals surface area contributed by atoms with E-state index >= 15 is 0 Å². The van der Waals surface area contributed by atoms with Crippen molar-refractivity contribution < 1.29 is 28.6 Å². The molecule has 0 heterocycles. The lowest BCUT2D eigenvalue weighted by Crippen LogP contribution is -2.39. The van der Waals surface area contributed by atoms with Crippen LogP contribution in [0.4, 0.5) is 0 Å². The zero-order valence-electron chi connectivity index (χ0n) is 16.3. The second-order valence-corrected chi connectivity index (χ2v) is 6.01. The van der Waals surface area contributed by atoms with E-state index in [2.05, 4.69) is 15.3 Å². The van der Waals surface area contributed by atoms with Crippen LogP contribution >= 0.6 is 0 Å². The van der Waals surface area contributed by atoms with Crippen molar-refractivity contribution in [2.75, 3.05) is 46.2 Å². The maximum absolute atomic E-state index is 11.9. The Bertz CT molecular complexity index is 508. The van der Waals surface area contributed by atoms with Gasteiger partial charge in [-0.15, -0.1) is 0 Å². The van der Waals surface area contributed by atoms with Crippen molar-refractivity contribution in [3.8, 4) is 0 Å². The van der Waals surface area contributed by atoms with Crippen LogP contribution in [0.5, 0.6) is 0 Å². The molecule has 10 nitrogen and oxygen atoms in total. The molecule has 0 saturated carbocycles. The van der Waals surface area contributed by atoms with E-state index in [1.165, 1.54) is 6.92 Å². The molecule has 27 heavy (non-hydrogen) atoms. The molecule has 0 aromatic carbocycles. The maximum Gasteiger partial charge on any atom is 0.222 e. The highest BCUT2D eigenvalue weighted by atomic mass is 16.5. The summed E-state index contributed by atoms with van der Waals surface area (Å²) < 4.78 is 15.7. The Morgan fingerprint density at radius 3 is 2.11 bits per heavy atom. The minimum absolute atomic E-state index is 0.0442. The van der Waals surface area contributed by atoms with Crippen molar-refractivity contribution in [3.05, 3.63) is 10.4 Å². The van der Waals surface area contributed by atoms with Crippen LogP contribution in [0, 0.1) is 5.92 Å². The summed E-state index contributed by atoms with van der Waals surface area (Å²) in [6, 6.07) is -0.624. The first-order valence-corrected chi connectivity index (χ1v) is 8.95. The number of nitrogens with zero attached hydrogens (tertiary/aromatic N) is 3. The molecule has 0 aliphatic heterocycles. The number of hydrogen-bond acceptors (Lipinski definition) is 7. The van der Waals surface area contributed by atoms with Gasteiger partial charge in [0.2, 0.25) is 5.91 Å². The number of ketones is 2. The minimum Gasteiger partial charge on any atom is -0.379 e. The van der Waals surface area contributed by atoms with Gasteiger partial charge in [-0.3, -0.25) is 14.4 Å². The van der Waals surface area contributed by atoms with E-state index in [-0.39, 0.29) is 42.8 Å². The van der Waals surface area contributed by atoms with E-state index in [1.807, 2.05) is 0 Å². The van der Waals surface area contributed by atoms with Gasteiger partial charge >= 0.3 is 0 Å². The number of carbonyl (C=O) groups is 3. The lowest BCUT2D eigenvalue weighted by molar-refractivity contribution is -0.130. The smallest absolute Gasteiger partial charge is 0.222 e. The van der Waals surface area contributed by atoms with Gasteiger partial charge in [0.15, 0.2) is 5.78 Å². The molecule has 0 bridgehead atoms. The molecule has 0 aromatic heterocycles. The number of carbonyl (C=O) groups excluding carboxylic acids is 3.